The fourth-order valence-electron chi connectivity index (χ4n) is 12.0. The summed E-state index contributed by atoms with van der Waals surface area (Å²) in [5.74, 6) is 3.79. The van der Waals surface area contributed by atoms with Crippen LogP contribution in [0.15, 0.2) is 267 Å². The first-order valence-corrected chi connectivity index (χ1v) is 27.9. The van der Waals surface area contributed by atoms with E-state index in [1.165, 1.54) is 33.4 Å². The van der Waals surface area contributed by atoms with Gasteiger partial charge in [0.05, 0.1) is 18.2 Å². The van der Waals surface area contributed by atoms with Crippen molar-refractivity contribution in [3.63, 3.8) is 0 Å². The Balaban J connectivity index is 0.717. The van der Waals surface area contributed by atoms with Crippen LogP contribution in [0.3, 0.4) is 0 Å². The number of benzene rings is 11. The second-order valence-electron chi connectivity index (χ2n) is 21.2. The molecular weight excluding hydrogens is 1020 g/mol. The molecule has 0 saturated carbocycles. The monoisotopic (exact) mass is 1070 g/mol. The minimum Gasteiger partial charge on any atom is -0.238 e. The lowest BCUT2D eigenvalue weighted by atomic mass is 9.60. The van der Waals surface area contributed by atoms with E-state index >= 15 is 0 Å². The molecule has 0 saturated heterocycles. The molecule has 2 heterocycles. The van der Waals surface area contributed by atoms with Crippen LogP contribution in [0.2, 0.25) is 0 Å². The summed E-state index contributed by atoms with van der Waals surface area (Å²) < 4.78 is 0. The molecule has 3 aliphatic carbocycles. The third kappa shape index (κ3) is 9.07. The van der Waals surface area contributed by atoms with Crippen molar-refractivity contribution in [2.24, 2.45) is 0 Å². The van der Waals surface area contributed by atoms with Crippen LogP contribution in [0.1, 0.15) is 50.8 Å². The Kier molecular flexibility index (Phi) is 12.3. The smallest absolute Gasteiger partial charge is 0.187 e. The highest BCUT2D eigenvalue weighted by molar-refractivity contribution is 5.79. The number of aromatic nitrogens is 6. The summed E-state index contributed by atoms with van der Waals surface area (Å²) in [6.45, 7) is 7.33. The van der Waals surface area contributed by atoms with Crippen LogP contribution in [0.5, 0.6) is 0 Å². The van der Waals surface area contributed by atoms with Gasteiger partial charge in [-0.2, -0.15) is 5.26 Å². The Labute approximate surface area is 486 Å². The van der Waals surface area contributed by atoms with Crippen LogP contribution in [-0.4, -0.2) is 29.9 Å². The quantitative estimate of drug-likeness (QED) is 0.126. The lowest BCUT2D eigenvalue weighted by Gasteiger charge is -2.42. The van der Waals surface area contributed by atoms with Gasteiger partial charge in [0.25, 0.3) is 0 Å². The fraction of sp³-hybridized carbons (Fsp3) is 0.0263. The van der Waals surface area contributed by atoms with E-state index in [2.05, 4.69) is 144 Å². The molecule has 13 aromatic rings. The number of nitrogens with zero attached hydrogens (tertiary/aromatic N) is 8. The van der Waals surface area contributed by atoms with Crippen molar-refractivity contribution in [1.82, 2.24) is 29.9 Å². The molecule has 11 aromatic carbocycles. The molecule has 0 spiro atoms. The predicted octanol–water partition coefficient (Wildman–Crippen LogP) is 18.1. The van der Waals surface area contributed by atoms with E-state index in [1.54, 1.807) is 0 Å². The summed E-state index contributed by atoms with van der Waals surface area (Å²) >= 11 is 0. The molecule has 390 valence electrons. The predicted molar refractivity (Wildman–Crippen MR) is 333 cm³/mol. The van der Waals surface area contributed by atoms with Gasteiger partial charge < -0.3 is 0 Å². The van der Waals surface area contributed by atoms with Crippen molar-refractivity contribution in [2.75, 3.05) is 0 Å². The molecule has 0 amide bonds. The zero-order valence-corrected chi connectivity index (χ0v) is 45.1. The van der Waals surface area contributed by atoms with Gasteiger partial charge in [0.2, 0.25) is 0 Å². The third-order valence-corrected chi connectivity index (χ3v) is 16.3. The Morgan fingerprint density at radius 3 is 0.833 bits per heavy atom. The Morgan fingerprint density at radius 2 is 0.512 bits per heavy atom. The maximum absolute atomic E-state index is 9.30. The van der Waals surface area contributed by atoms with Crippen molar-refractivity contribution in [1.29, 1.82) is 5.26 Å². The van der Waals surface area contributed by atoms with Crippen LogP contribution < -0.4 is 0 Å². The van der Waals surface area contributed by atoms with Crippen LogP contribution in [-0.2, 0) is 0 Å². The largest absolute Gasteiger partial charge is 0.238 e. The molecule has 16 rings (SSSR count). The van der Waals surface area contributed by atoms with Gasteiger partial charge in [-0.15, -0.1) is 0 Å². The van der Waals surface area contributed by atoms with Gasteiger partial charge in [-0.1, -0.05) is 243 Å². The summed E-state index contributed by atoms with van der Waals surface area (Å²) in [6.07, 6.45) is 0. The van der Waals surface area contributed by atoms with Crippen molar-refractivity contribution in [3.05, 3.63) is 317 Å². The average Bonchev–Trinajstić information content (AvgIpc) is 2.26. The normalized spacial score (nSPS) is 13.5. The van der Waals surface area contributed by atoms with Crippen LogP contribution in [0, 0.1) is 17.9 Å². The highest BCUT2D eigenvalue weighted by Crippen LogP contribution is 2.57. The first-order valence-electron chi connectivity index (χ1n) is 27.9. The van der Waals surface area contributed by atoms with Crippen LogP contribution in [0.4, 0.5) is 5.69 Å². The second kappa shape index (κ2) is 20.8. The molecule has 0 aliphatic heterocycles. The summed E-state index contributed by atoms with van der Waals surface area (Å²) in [6, 6.07) is 94.2. The van der Waals surface area contributed by atoms with Crippen molar-refractivity contribution < 1.29 is 0 Å². The van der Waals surface area contributed by atoms with E-state index in [9.17, 15) is 5.26 Å². The number of nitriles is 1. The molecule has 3 aliphatic rings. The molecule has 84 heavy (non-hydrogen) atoms. The first kappa shape index (κ1) is 49.5. The van der Waals surface area contributed by atoms with E-state index < -0.39 is 0 Å². The molecule has 0 N–H and O–H groups in total. The first-order chi connectivity index (χ1) is 41.5. The third-order valence-electron chi connectivity index (χ3n) is 16.3. The molecule has 0 fully saturated rings. The molecule has 8 heteroatoms. The SMILES string of the molecule is [C-]#[N+]c1ccc(-c2ccc(-c3nc(-c4ccccc4)nc(-c4ccc(-c5ccc6c(c5)C5c7ccccc7C6c6cc(-c7ccc(-c8nc(-c9ccccc9)nc(-c9ccc(-c%10ccc(C#N)cc%10)cc9)n8)cc7)ccc65)cc4)n3)cc2)cc1. The standard InChI is InChI=1S/C76H46N8/c1-78-62-40-36-51(37-41-62)50-22-30-57(31-23-50)74-80-72(55-12-6-3-7-13-55)82-76(84-74)59-34-26-53(27-35-59)61-39-43-66-68(45-61)70-64-15-9-8-14-63(64)69(66)67-44-60(38-42-65(67)70)52-24-32-58(33-25-52)75-81-71(54-10-4-2-5-11-54)79-73(83-75)56-28-20-49(21-29-56)48-18-16-47(46-77)17-19-48/h2-45,69-70H. The van der Waals surface area contributed by atoms with Gasteiger partial charge in [0.1, 0.15) is 0 Å². The summed E-state index contributed by atoms with van der Waals surface area (Å²) in [4.78, 5) is 33.7. The topological polar surface area (TPSA) is 105 Å². The van der Waals surface area contributed by atoms with Crippen molar-refractivity contribution in [2.45, 2.75) is 11.8 Å². The van der Waals surface area contributed by atoms with Gasteiger partial charge in [-0.25, -0.2) is 34.7 Å². The number of hydrogen-bond donors (Lipinski definition) is 0. The molecule has 2 aromatic heterocycles. The number of hydrogen-bond acceptors (Lipinski definition) is 7. The van der Waals surface area contributed by atoms with Gasteiger partial charge in [-0.3, -0.25) is 0 Å². The molecule has 0 radical (unpaired) electrons. The second-order valence-corrected chi connectivity index (χ2v) is 21.2. The highest BCUT2D eigenvalue weighted by Gasteiger charge is 2.41. The van der Waals surface area contributed by atoms with Crippen LogP contribution >= 0.6 is 0 Å². The number of rotatable bonds is 10. The Bertz CT molecular complexity index is 4440. The summed E-state index contributed by atoms with van der Waals surface area (Å²) in [7, 11) is 0. The zero-order valence-electron chi connectivity index (χ0n) is 45.1. The minimum absolute atomic E-state index is 0.0927. The van der Waals surface area contributed by atoms with E-state index in [0.717, 1.165) is 77.9 Å². The zero-order chi connectivity index (χ0) is 56.1. The van der Waals surface area contributed by atoms with Crippen LogP contribution in [0.25, 0.3) is 118 Å². The maximum atomic E-state index is 9.30. The molecule has 2 atom stereocenters. The highest BCUT2D eigenvalue weighted by atomic mass is 15.0. The average molecular weight is 1070 g/mol. The van der Waals surface area contributed by atoms with Gasteiger partial charge in [0, 0.05) is 45.2 Å². The van der Waals surface area contributed by atoms with Gasteiger partial charge in [-0.05, 0) is 102 Å². The minimum atomic E-state index is 0.0927. The van der Waals surface area contributed by atoms with Crippen molar-refractivity contribution in [3.8, 4) is 119 Å². The molecule has 2 bridgehead atoms. The van der Waals surface area contributed by atoms with E-state index in [1.807, 2.05) is 133 Å². The van der Waals surface area contributed by atoms with Gasteiger partial charge >= 0.3 is 0 Å². The van der Waals surface area contributed by atoms with E-state index in [4.69, 9.17) is 36.5 Å². The lowest BCUT2D eigenvalue weighted by Crippen LogP contribution is -2.27. The maximum Gasteiger partial charge on any atom is 0.187 e. The van der Waals surface area contributed by atoms with E-state index in [0.29, 0.717) is 46.2 Å². The fourth-order valence-corrected chi connectivity index (χ4v) is 12.0. The van der Waals surface area contributed by atoms with Gasteiger partial charge in [0.15, 0.2) is 40.6 Å². The lowest BCUT2D eigenvalue weighted by molar-refractivity contribution is 0.755. The van der Waals surface area contributed by atoms with Crippen molar-refractivity contribution >= 4 is 5.69 Å². The molecule has 2 unspecified atom stereocenters. The molecule has 8 nitrogen and oxygen atoms in total. The Hall–Kier alpha value is -11.6. The summed E-state index contributed by atoms with van der Waals surface area (Å²) in [5.41, 5.74) is 23.5. The summed E-state index contributed by atoms with van der Waals surface area (Å²) in [5, 5.41) is 9.30. The van der Waals surface area contributed by atoms with E-state index in [-0.39, 0.29) is 11.8 Å². The Morgan fingerprint density at radius 1 is 0.262 bits per heavy atom. The molecular formula is C76H46N8.